The highest BCUT2D eigenvalue weighted by molar-refractivity contribution is 5.74. The SMILES string of the molecule is C=C([C@H]1COC(C)(C)O1)C(C)(C)OC(C)[C@H](N=[N+]=[N-])C(=O)O. The van der Waals surface area contributed by atoms with Crippen LogP contribution in [0.25, 0.3) is 10.4 Å². The number of azide groups is 1. The Balaban J connectivity index is 2.79. The maximum Gasteiger partial charge on any atom is 0.315 e. The first kappa shape index (κ1) is 18.4. The van der Waals surface area contributed by atoms with Crippen LogP contribution in [0.5, 0.6) is 0 Å². The molecule has 3 atom stereocenters. The first-order valence-electron chi connectivity index (χ1n) is 6.96. The smallest absolute Gasteiger partial charge is 0.315 e. The molecule has 1 fully saturated rings. The summed E-state index contributed by atoms with van der Waals surface area (Å²) in [5.74, 6) is -1.93. The second-order valence-corrected chi connectivity index (χ2v) is 6.16. The first-order valence-corrected chi connectivity index (χ1v) is 6.96. The zero-order valence-corrected chi connectivity index (χ0v) is 13.6. The summed E-state index contributed by atoms with van der Waals surface area (Å²) >= 11 is 0. The molecule has 0 aromatic carbocycles. The number of carbonyl (C=O) groups is 1. The summed E-state index contributed by atoms with van der Waals surface area (Å²) in [4.78, 5) is 13.7. The Labute approximate surface area is 129 Å². The highest BCUT2D eigenvalue weighted by Gasteiger charge is 2.40. The minimum atomic E-state index is -1.31. The van der Waals surface area contributed by atoms with Crippen LogP contribution in [0.2, 0.25) is 0 Å². The lowest BCUT2D eigenvalue weighted by Crippen LogP contribution is -2.42. The third-order valence-corrected chi connectivity index (χ3v) is 3.52. The van der Waals surface area contributed by atoms with Gasteiger partial charge < -0.3 is 19.3 Å². The zero-order chi connectivity index (χ0) is 17.1. The van der Waals surface area contributed by atoms with E-state index in [1.807, 2.05) is 0 Å². The van der Waals surface area contributed by atoms with Crippen LogP contribution in [-0.2, 0) is 19.0 Å². The minimum absolute atomic E-state index is 0.347. The Morgan fingerprint density at radius 1 is 1.59 bits per heavy atom. The van der Waals surface area contributed by atoms with E-state index in [1.54, 1.807) is 34.6 Å². The number of nitrogens with zero attached hydrogens (tertiary/aromatic N) is 3. The third-order valence-electron chi connectivity index (χ3n) is 3.52. The van der Waals surface area contributed by atoms with E-state index >= 15 is 0 Å². The Kier molecular flexibility index (Phi) is 5.59. The molecule has 0 bridgehead atoms. The fourth-order valence-corrected chi connectivity index (χ4v) is 2.25. The van der Waals surface area contributed by atoms with Gasteiger partial charge in [-0.2, -0.15) is 0 Å². The van der Waals surface area contributed by atoms with Crippen LogP contribution in [0.15, 0.2) is 17.3 Å². The lowest BCUT2D eigenvalue weighted by molar-refractivity contribution is -0.147. The van der Waals surface area contributed by atoms with Crippen molar-refractivity contribution in [3.05, 3.63) is 22.6 Å². The summed E-state index contributed by atoms with van der Waals surface area (Å²) in [7, 11) is 0. The molecule has 0 amide bonds. The lowest BCUT2D eigenvalue weighted by Gasteiger charge is -2.34. The maximum absolute atomic E-state index is 11.1. The van der Waals surface area contributed by atoms with Crippen molar-refractivity contribution in [2.24, 2.45) is 5.11 Å². The van der Waals surface area contributed by atoms with Gasteiger partial charge >= 0.3 is 5.97 Å². The number of rotatable bonds is 7. The van der Waals surface area contributed by atoms with E-state index < -0.39 is 29.5 Å². The van der Waals surface area contributed by atoms with Gasteiger partial charge in [0, 0.05) is 4.91 Å². The zero-order valence-electron chi connectivity index (χ0n) is 13.6. The summed E-state index contributed by atoms with van der Waals surface area (Å²) in [6.07, 6.45) is -1.17. The topological polar surface area (TPSA) is 114 Å². The number of hydrogen-bond acceptors (Lipinski definition) is 5. The van der Waals surface area contributed by atoms with Crippen LogP contribution in [0.1, 0.15) is 34.6 Å². The number of carboxylic acid groups (broad SMARTS) is 1. The number of ether oxygens (including phenoxy) is 3. The number of aliphatic carboxylic acids is 1. The summed E-state index contributed by atoms with van der Waals surface area (Å²) in [6, 6.07) is -1.31. The van der Waals surface area contributed by atoms with Gasteiger partial charge in [-0.1, -0.05) is 11.7 Å². The van der Waals surface area contributed by atoms with Crippen LogP contribution in [0.4, 0.5) is 0 Å². The Morgan fingerprint density at radius 3 is 2.59 bits per heavy atom. The molecule has 0 aromatic heterocycles. The van der Waals surface area contributed by atoms with Gasteiger partial charge in [-0.15, -0.1) is 0 Å². The van der Waals surface area contributed by atoms with E-state index in [1.165, 1.54) is 0 Å². The van der Waals surface area contributed by atoms with Crippen molar-refractivity contribution in [1.29, 1.82) is 0 Å². The van der Waals surface area contributed by atoms with Gasteiger partial charge in [0.05, 0.1) is 18.3 Å². The molecule has 0 aliphatic carbocycles. The molecule has 124 valence electrons. The van der Waals surface area contributed by atoms with Gasteiger partial charge in [0.1, 0.15) is 6.10 Å². The Bertz CT molecular complexity index is 495. The average molecular weight is 313 g/mol. The number of carboxylic acids is 1. The van der Waals surface area contributed by atoms with Crippen LogP contribution in [0.3, 0.4) is 0 Å². The molecule has 8 heteroatoms. The van der Waals surface area contributed by atoms with Gasteiger partial charge in [-0.3, -0.25) is 4.79 Å². The van der Waals surface area contributed by atoms with Crippen molar-refractivity contribution in [3.8, 4) is 0 Å². The highest BCUT2D eigenvalue weighted by atomic mass is 16.7. The molecular weight excluding hydrogens is 290 g/mol. The van der Waals surface area contributed by atoms with Gasteiger partial charge in [0.25, 0.3) is 0 Å². The normalized spacial score (nSPS) is 23.4. The number of hydrogen-bond donors (Lipinski definition) is 1. The summed E-state index contributed by atoms with van der Waals surface area (Å²) in [6.45, 7) is 13.0. The Hall–Kier alpha value is -1.60. The fraction of sp³-hybridized carbons (Fsp3) is 0.786. The predicted octanol–water partition coefficient (Wildman–Crippen LogP) is 2.64. The van der Waals surface area contributed by atoms with Gasteiger partial charge in [0.15, 0.2) is 11.8 Å². The van der Waals surface area contributed by atoms with Crippen LogP contribution >= 0.6 is 0 Å². The van der Waals surface area contributed by atoms with Gasteiger partial charge in [-0.25, -0.2) is 0 Å². The monoisotopic (exact) mass is 313 g/mol. The molecule has 1 unspecified atom stereocenters. The summed E-state index contributed by atoms with van der Waals surface area (Å²) in [5.41, 5.74) is 8.22. The maximum atomic E-state index is 11.1. The molecule has 1 rings (SSSR count). The molecule has 22 heavy (non-hydrogen) atoms. The minimum Gasteiger partial charge on any atom is -0.481 e. The van der Waals surface area contributed by atoms with E-state index in [9.17, 15) is 4.79 Å². The van der Waals surface area contributed by atoms with Crippen molar-refractivity contribution < 1.29 is 24.1 Å². The first-order chi connectivity index (χ1) is 10.00. The molecule has 1 heterocycles. The lowest BCUT2D eigenvalue weighted by atomic mass is 9.94. The molecular formula is C14H23N3O5. The van der Waals surface area contributed by atoms with Crippen molar-refractivity contribution in [2.75, 3.05) is 6.61 Å². The van der Waals surface area contributed by atoms with E-state index in [-0.39, 0.29) is 6.10 Å². The second kappa shape index (κ2) is 6.66. The summed E-state index contributed by atoms with van der Waals surface area (Å²) in [5, 5.41) is 12.3. The average Bonchev–Trinajstić information content (AvgIpc) is 2.74. The quantitative estimate of drug-likeness (QED) is 0.336. The summed E-state index contributed by atoms with van der Waals surface area (Å²) < 4.78 is 17.0. The highest BCUT2D eigenvalue weighted by Crippen LogP contribution is 2.33. The van der Waals surface area contributed by atoms with Crippen molar-refractivity contribution >= 4 is 5.97 Å². The molecule has 1 N–H and O–H groups in total. The molecule has 8 nitrogen and oxygen atoms in total. The van der Waals surface area contributed by atoms with Crippen molar-refractivity contribution in [2.45, 2.75) is 64.3 Å². The van der Waals surface area contributed by atoms with Gasteiger partial charge in [-0.05, 0) is 45.7 Å². The fourth-order valence-electron chi connectivity index (χ4n) is 2.25. The molecule has 0 radical (unpaired) electrons. The largest absolute Gasteiger partial charge is 0.481 e. The van der Waals surface area contributed by atoms with Crippen molar-refractivity contribution in [1.82, 2.24) is 0 Å². The standard InChI is InChI=1S/C14H23N3O5/c1-8(10-7-20-14(5,6)22-10)13(3,4)21-9(2)11(12(18)19)16-17-15/h9-11H,1,7H2,2-6H3,(H,18,19)/t9?,10-,11+/m1/s1. The van der Waals surface area contributed by atoms with Crippen molar-refractivity contribution in [3.63, 3.8) is 0 Å². The molecule has 1 saturated heterocycles. The second-order valence-electron chi connectivity index (χ2n) is 6.16. The molecule has 0 aromatic rings. The molecule has 0 saturated carbocycles. The van der Waals surface area contributed by atoms with E-state index in [4.69, 9.17) is 24.8 Å². The van der Waals surface area contributed by atoms with Crippen LogP contribution < -0.4 is 0 Å². The van der Waals surface area contributed by atoms with E-state index in [2.05, 4.69) is 16.6 Å². The molecule has 1 aliphatic heterocycles. The van der Waals surface area contributed by atoms with E-state index in [0.717, 1.165) is 0 Å². The van der Waals surface area contributed by atoms with Crippen LogP contribution in [0, 0.1) is 0 Å². The Morgan fingerprint density at radius 2 is 2.18 bits per heavy atom. The third kappa shape index (κ3) is 4.45. The predicted molar refractivity (Wildman–Crippen MR) is 79.2 cm³/mol. The molecule has 1 aliphatic rings. The molecule has 0 spiro atoms. The van der Waals surface area contributed by atoms with Gasteiger partial charge in [0.2, 0.25) is 0 Å². The van der Waals surface area contributed by atoms with Crippen LogP contribution in [-0.4, -0.2) is 47.3 Å². The van der Waals surface area contributed by atoms with E-state index in [0.29, 0.717) is 12.2 Å².